The Balaban J connectivity index is 1.84. The first kappa shape index (κ1) is 32.2. The number of benzene rings is 3. The van der Waals surface area contributed by atoms with E-state index < -0.39 is 59.3 Å². The Kier molecular flexibility index (Phi) is 8.59. The van der Waals surface area contributed by atoms with Crippen molar-refractivity contribution in [3.8, 4) is 5.75 Å². The molecule has 2 aliphatic rings. The van der Waals surface area contributed by atoms with E-state index in [-0.39, 0.29) is 17.2 Å². The van der Waals surface area contributed by atoms with E-state index in [9.17, 15) is 18.8 Å². The number of anilines is 1. The minimum atomic E-state index is -1.65. The van der Waals surface area contributed by atoms with Crippen LogP contribution in [-0.4, -0.2) is 43.2 Å². The molecule has 5 rings (SSSR count). The molecule has 1 N–H and O–H groups in total. The number of nitrogens with zero attached hydrogens (tertiary/aromatic N) is 1. The van der Waals surface area contributed by atoms with Crippen LogP contribution in [0.5, 0.6) is 5.75 Å². The molecule has 1 saturated heterocycles. The highest BCUT2D eigenvalue weighted by Crippen LogP contribution is 2.60. The average Bonchev–Trinajstić information content (AvgIpc) is 3.21. The van der Waals surface area contributed by atoms with Crippen molar-refractivity contribution in [3.05, 3.63) is 92.7 Å². The molecule has 3 unspecified atom stereocenters. The predicted molar refractivity (Wildman–Crippen MR) is 165 cm³/mol. The minimum Gasteiger partial charge on any atom is -0.476 e. The van der Waals surface area contributed by atoms with Crippen LogP contribution >= 0.6 is 23.2 Å². The first-order valence-corrected chi connectivity index (χ1v) is 14.8. The van der Waals surface area contributed by atoms with Crippen LogP contribution in [0.15, 0.2) is 54.6 Å². The maximum atomic E-state index is 15.1. The van der Waals surface area contributed by atoms with Crippen molar-refractivity contribution in [3.63, 3.8) is 0 Å². The van der Waals surface area contributed by atoms with Gasteiger partial charge in [0, 0.05) is 34.9 Å². The molecule has 1 spiro atoms. The van der Waals surface area contributed by atoms with Gasteiger partial charge in [0.15, 0.2) is 12.3 Å². The minimum absolute atomic E-state index is 0.185. The van der Waals surface area contributed by atoms with Crippen LogP contribution in [0.25, 0.3) is 0 Å². The molecule has 0 aliphatic carbocycles. The molecule has 2 heterocycles. The molecule has 3 aromatic carbocycles. The monoisotopic (exact) mass is 656 g/mol. The van der Waals surface area contributed by atoms with Crippen LogP contribution in [0.4, 0.5) is 10.1 Å². The molecule has 45 heavy (non-hydrogen) atoms. The Labute approximate surface area is 269 Å². The highest BCUT2D eigenvalue weighted by Gasteiger charge is 2.64. The molecular formula is C33H31Cl2FN2O7. The standard InChI is InChI=1S/C33H31Cl2FN2O7/c1-17-6-9-21(36)14-22(17)29-33(24-10-7-20(35)13-26(24)38(30(33)41)16-44-18(2)39)25(15-28(40)37-29)23-12-19(34)8-11-27(23)45-32(3,4)31(42)43-5/h6-14,25,29H,15-16H2,1-5H3,(H,37,40). The van der Waals surface area contributed by atoms with Crippen molar-refractivity contribution in [1.29, 1.82) is 0 Å². The van der Waals surface area contributed by atoms with Gasteiger partial charge in [0.1, 0.15) is 17.0 Å². The fourth-order valence-corrected chi connectivity index (χ4v) is 6.70. The van der Waals surface area contributed by atoms with Crippen LogP contribution in [-0.2, 0) is 34.1 Å². The van der Waals surface area contributed by atoms with Gasteiger partial charge in [-0.3, -0.25) is 19.3 Å². The molecule has 0 radical (unpaired) electrons. The number of carbonyl (C=O) groups is 4. The second kappa shape index (κ2) is 12.0. The highest BCUT2D eigenvalue weighted by atomic mass is 35.5. The zero-order chi connectivity index (χ0) is 32.8. The van der Waals surface area contributed by atoms with Crippen molar-refractivity contribution in [2.75, 3.05) is 18.7 Å². The SMILES string of the molecule is COC(=O)C(C)(C)Oc1ccc(Cl)cc1C1CC(=O)NC(c2cc(F)ccc2C)C12C(=O)N(COC(C)=O)c1cc(Cl)ccc12. The van der Waals surface area contributed by atoms with Gasteiger partial charge >= 0.3 is 11.9 Å². The van der Waals surface area contributed by atoms with E-state index in [2.05, 4.69) is 5.32 Å². The fraction of sp³-hybridized carbons (Fsp3) is 0.333. The lowest BCUT2D eigenvalue weighted by molar-refractivity contribution is -0.156. The molecule has 1 fully saturated rings. The largest absolute Gasteiger partial charge is 0.476 e. The summed E-state index contributed by atoms with van der Waals surface area (Å²) in [5.74, 6) is -3.57. The molecule has 0 saturated carbocycles. The first-order valence-electron chi connectivity index (χ1n) is 14.1. The molecule has 3 atom stereocenters. The lowest BCUT2D eigenvalue weighted by Gasteiger charge is -2.47. The molecule has 2 aliphatic heterocycles. The van der Waals surface area contributed by atoms with E-state index in [1.165, 1.54) is 44.9 Å². The molecule has 2 amide bonds. The molecule has 9 nitrogen and oxygen atoms in total. The van der Waals surface area contributed by atoms with E-state index in [1.807, 2.05) is 0 Å². The Morgan fingerprint density at radius 2 is 1.73 bits per heavy atom. The van der Waals surface area contributed by atoms with E-state index >= 15 is 4.79 Å². The van der Waals surface area contributed by atoms with Crippen LogP contribution < -0.4 is 15.0 Å². The number of ether oxygens (including phenoxy) is 3. The van der Waals surface area contributed by atoms with Gasteiger partial charge in [-0.2, -0.15) is 0 Å². The number of aryl methyl sites for hydroxylation is 1. The predicted octanol–water partition coefficient (Wildman–Crippen LogP) is 5.92. The average molecular weight is 658 g/mol. The van der Waals surface area contributed by atoms with Crippen LogP contribution in [0.3, 0.4) is 0 Å². The zero-order valence-electron chi connectivity index (χ0n) is 25.2. The van der Waals surface area contributed by atoms with Crippen LogP contribution in [0, 0.1) is 12.7 Å². The van der Waals surface area contributed by atoms with Crippen molar-refractivity contribution in [1.82, 2.24) is 5.32 Å². The van der Waals surface area contributed by atoms with E-state index in [1.54, 1.807) is 49.4 Å². The Morgan fingerprint density at radius 1 is 1.04 bits per heavy atom. The number of esters is 2. The third kappa shape index (κ3) is 5.61. The van der Waals surface area contributed by atoms with Crippen LogP contribution in [0.2, 0.25) is 10.0 Å². The Bertz CT molecular complexity index is 1730. The van der Waals surface area contributed by atoms with Gasteiger partial charge in [0.25, 0.3) is 0 Å². The Morgan fingerprint density at radius 3 is 2.42 bits per heavy atom. The molecule has 0 bridgehead atoms. The number of piperidine rings is 1. The molecule has 12 heteroatoms. The van der Waals surface area contributed by atoms with Crippen molar-refractivity contribution >= 4 is 52.6 Å². The van der Waals surface area contributed by atoms with Gasteiger partial charge in [-0.25, -0.2) is 9.18 Å². The van der Waals surface area contributed by atoms with Gasteiger partial charge < -0.3 is 19.5 Å². The summed E-state index contributed by atoms with van der Waals surface area (Å²) in [6.07, 6.45) is -0.213. The summed E-state index contributed by atoms with van der Waals surface area (Å²) in [7, 11) is 1.24. The summed E-state index contributed by atoms with van der Waals surface area (Å²) in [5.41, 5.74) is -0.947. The highest BCUT2D eigenvalue weighted by molar-refractivity contribution is 6.31. The molecular weight excluding hydrogens is 626 g/mol. The second-order valence-electron chi connectivity index (χ2n) is 11.6. The number of hydrogen-bond acceptors (Lipinski definition) is 7. The second-order valence-corrected chi connectivity index (χ2v) is 12.4. The number of rotatable bonds is 7. The topological polar surface area (TPSA) is 111 Å². The summed E-state index contributed by atoms with van der Waals surface area (Å²) in [5, 5.41) is 3.57. The first-order chi connectivity index (χ1) is 21.2. The van der Waals surface area contributed by atoms with E-state index in [0.29, 0.717) is 33.0 Å². The van der Waals surface area contributed by atoms with Crippen LogP contribution in [0.1, 0.15) is 61.4 Å². The fourth-order valence-electron chi connectivity index (χ4n) is 6.35. The third-order valence-corrected chi connectivity index (χ3v) is 8.80. The molecule has 236 valence electrons. The molecule has 3 aromatic rings. The van der Waals surface area contributed by atoms with Gasteiger partial charge in [-0.15, -0.1) is 0 Å². The summed E-state index contributed by atoms with van der Waals surface area (Å²) in [4.78, 5) is 54.5. The molecule has 0 aromatic heterocycles. The van der Waals surface area contributed by atoms with Crippen molar-refractivity contribution < 1.29 is 37.8 Å². The lowest BCUT2D eigenvalue weighted by atomic mass is 9.58. The van der Waals surface area contributed by atoms with Gasteiger partial charge in [-0.1, -0.05) is 35.3 Å². The summed E-state index contributed by atoms with van der Waals surface area (Å²) in [6, 6.07) is 12.6. The van der Waals surface area contributed by atoms with E-state index in [4.69, 9.17) is 37.4 Å². The van der Waals surface area contributed by atoms with Gasteiger partial charge in [0.2, 0.25) is 11.8 Å². The normalized spacial score (nSPS) is 20.9. The van der Waals surface area contributed by atoms with Crippen molar-refractivity contribution in [2.24, 2.45) is 0 Å². The number of carbonyl (C=O) groups excluding carboxylic acids is 4. The number of amides is 2. The zero-order valence-corrected chi connectivity index (χ0v) is 26.7. The van der Waals surface area contributed by atoms with Crippen molar-refractivity contribution in [2.45, 2.75) is 57.1 Å². The number of nitrogens with one attached hydrogen (secondary N) is 1. The Hall–Kier alpha value is -4.15. The quantitative estimate of drug-likeness (QED) is 0.314. The maximum absolute atomic E-state index is 15.1. The smallest absolute Gasteiger partial charge is 0.349 e. The number of methoxy groups -OCH3 is 1. The maximum Gasteiger partial charge on any atom is 0.349 e. The lowest BCUT2D eigenvalue weighted by Crippen LogP contribution is -2.58. The van der Waals surface area contributed by atoms with E-state index in [0.717, 1.165) is 0 Å². The van der Waals surface area contributed by atoms with Gasteiger partial charge in [0.05, 0.1) is 18.8 Å². The summed E-state index contributed by atoms with van der Waals surface area (Å²) >= 11 is 12.9. The summed E-state index contributed by atoms with van der Waals surface area (Å²) < 4.78 is 31.3. The third-order valence-electron chi connectivity index (χ3n) is 8.33. The number of halogens is 3. The van der Waals surface area contributed by atoms with Gasteiger partial charge in [-0.05, 0) is 79.9 Å². The number of fused-ring (bicyclic) bond motifs is 2. The summed E-state index contributed by atoms with van der Waals surface area (Å²) in [6.45, 7) is 5.59. The number of hydrogen-bond donors (Lipinski definition) is 1.